The van der Waals surface area contributed by atoms with Crippen molar-refractivity contribution >= 4 is 27.6 Å². The van der Waals surface area contributed by atoms with Crippen molar-refractivity contribution in [3.8, 4) is 11.5 Å². The lowest BCUT2D eigenvalue weighted by Crippen LogP contribution is -2.32. The number of hydrogen-bond acceptors (Lipinski definition) is 4. The molecular weight excluding hydrogens is 410 g/mol. The Labute approximate surface area is 167 Å². The zero-order chi connectivity index (χ0) is 19.2. The molecule has 2 aromatic carbocycles. The van der Waals surface area contributed by atoms with E-state index < -0.39 is 0 Å². The normalized spacial score (nSPS) is 15.4. The van der Waals surface area contributed by atoms with Crippen molar-refractivity contribution in [1.82, 2.24) is 5.32 Å². The van der Waals surface area contributed by atoms with Crippen molar-refractivity contribution in [2.24, 2.45) is 0 Å². The highest BCUT2D eigenvalue weighted by molar-refractivity contribution is 9.10. The number of Topliss-reactive ketones (excluding diaryl/α,β-unsaturated/α-hetero) is 1. The Morgan fingerprint density at radius 3 is 2.70 bits per heavy atom. The summed E-state index contributed by atoms with van der Waals surface area (Å²) in [6.45, 7) is 3.05. The lowest BCUT2D eigenvalue weighted by Gasteiger charge is -2.27. The summed E-state index contributed by atoms with van der Waals surface area (Å²) in [5.41, 5.74) is 1.55. The summed E-state index contributed by atoms with van der Waals surface area (Å²) in [5.74, 6) is 1.34. The molecule has 1 atom stereocenters. The molecule has 142 valence electrons. The first kappa shape index (κ1) is 19.4. The number of hydrogen-bond donors (Lipinski definition) is 1. The van der Waals surface area contributed by atoms with Crippen molar-refractivity contribution < 1.29 is 19.1 Å². The molecule has 0 aliphatic carbocycles. The quantitative estimate of drug-likeness (QED) is 0.657. The van der Waals surface area contributed by atoms with Crippen LogP contribution in [0.25, 0.3) is 0 Å². The van der Waals surface area contributed by atoms with Gasteiger partial charge in [-0.05, 0) is 49.4 Å². The Kier molecular flexibility index (Phi) is 6.50. The molecule has 27 heavy (non-hydrogen) atoms. The molecular formula is C21H22BrNO4. The molecule has 2 aromatic rings. The van der Waals surface area contributed by atoms with Crippen molar-refractivity contribution in [3.63, 3.8) is 0 Å². The number of fused-ring (bicyclic) bond motifs is 1. The minimum absolute atomic E-state index is 0.0525. The smallest absolute Gasteiger partial charge is 0.220 e. The maximum Gasteiger partial charge on any atom is 0.220 e. The molecule has 0 fully saturated rings. The van der Waals surface area contributed by atoms with E-state index in [2.05, 4.69) is 21.2 Å². The molecule has 1 amide bonds. The molecule has 6 heteroatoms. The summed E-state index contributed by atoms with van der Waals surface area (Å²) in [6.07, 6.45) is 1.04. The van der Waals surface area contributed by atoms with Gasteiger partial charge in [-0.2, -0.15) is 0 Å². The number of ketones is 1. The van der Waals surface area contributed by atoms with Crippen molar-refractivity contribution in [2.75, 3.05) is 13.2 Å². The van der Waals surface area contributed by atoms with Gasteiger partial charge in [0.25, 0.3) is 0 Å². The van der Waals surface area contributed by atoms with Crippen LogP contribution in [0.15, 0.2) is 46.9 Å². The zero-order valence-corrected chi connectivity index (χ0v) is 16.8. The van der Waals surface area contributed by atoms with E-state index in [9.17, 15) is 9.59 Å². The molecule has 0 saturated heterocycles. The van der Waals surface area contributed by atoms with E-state index in [4.69, 9.17) is 9.47 Å². The minimum Gasteiger partial charge on any atom is -0.494 e. The summed E-state index contributed by atoms with van der Waals surface area (Å²) < 4.78 is 11.9. The van der Waals surface area contributed by atoms with Crippen LogP contribution in [-0.2, 0) is 4.79 Å². The van der Waals surface area contributed by atoms with E-state index in [0.29, 0.717) is 25.2 Å². The molecule has 5 nitrogen and oxygen atoms in total. The molecule has 0 bridgehead atoms. The highest BCUT2D eigenvalue weighted by Crippen LogP contribution is 2.34. The largest absolute Gasteiger partial charge is 0.494 e. The number of benzene rings is 2. The summed E-state index contributed by atoms with van der Waals surface area (Å²) in [6, 6.07) is 12.7. The lowest BCUT2D eigenvalue weighted by molar-refractivity contribution is -0.122. The summed E-state index contributed by atoms with van der Waals surface area (Å²) >= 11 is 3.45. The Bertz CT molecular complexity index is 819. The fourth-order valence-electron chi connectivity index (χ4n) is 3.06. The number of nitrogens with one attached hydrogen (secondary N) is 1. The van der Waals surface area contributed by atoms with E-state index in [-0.39, 0.29) is 30.6 Å². The van der Waals surface area contributed by atoms with Gasteiger partial charge in [-0.25, -0.2) is 0 Å². The van der Waals surface area contributed by atoms with Crippen LogP contribution in [0.5, 0.6) is 11.5 Å². The van der Waals surface area contributed by atoms with E-state index in [1.54, 1.807) is 24.3 Å². The van der Waals surface area contributed by atoms with E-state index >= 15 is 0 Å². The first-order valence-electron chi connectivity index (χ1n) is 9.04. The van der Waals surface area contributed by atoms with Crippen LogP contribution in [-0.4, -0.2) is 24.9 Å². The lowest BCUT2D eigenvalue weighted by atomic mass is 10.00. The molecule has 3 rings (SSSR count). The number of rotatable bonds is 7. The van der Waals surface area contributed by atoms with Gasteiger partial charge in [-0.1, -0.05) is 15.9 Å². The number of halogens is 1. The number of ether oxygens (including phenoxy) is 2. The molecule has 0 aromatic heterocycles. The maximum absolute atomic E-state index is 12.3. The highest BCUT2D eigenvalue weighted by Gasteiger charge is 2.23. The third kappa shape index (κ3) is 5.10. The number of carbonyl (C=O) groups excluding carboxylic acids is 2. The maximum atomic E-state index is 12.3. The van der Waals surface area contributed by atoms with Gasteiger partial charge >= 0.3 is 0 Å². The predicted molar refractivity (Wildman–Crippen MR) is 106 cm³/mol. The van der Waals surface area contributed by atoms with Gasteiger partial charge in [0.15, 0.2) is 5.78 Å². The molecule has 1 aliphatic rings. The molecule has 0 saturated carbocycles. The second-order valence-corrected chi connectivity index (χ2v) is 7.24. The minimum atomic E-state index is -0.132. The van der Waals surface area contributed by atoms with Gasteiger partial charge in [0.2, 0.25) is 5.91 Å². The average Bonchev–Trinajstić information content (AvgIpc) is 2.67. The molecule has 1 heterocycles. The Morgan fingerprint density at radius 1 is 1.19 bits per heavy atom. The van der Waals surface area contributed by atoms with Crippen molar-refractivity contribution in [3.05, 3.63) is 58.1 Å². The van der Waals surface area contributed by atoms with Crippen molar-refractivity contribution in [2.45, 2.75) is 32.2 Å². The third-order valence-electron chi connectivity index (χ3n) is 4.41. The van der Waals surface area contributed by atoms with Crippen LogP contribution in [0.3, 0.4) is 0 Å². The van der Waals surface area contributed by atoms with Gasteiger partial charge in [0.1, 0.15) is 11.5 Å². The van der Waals surface area contributed by atoms with Gasteiger partial charge in [-0.3, -0.25) is 9.59 Å². The van der Waals surface area contributed by atoms with Crippen LogP contribution in [0.2, 0.25) is 0 Å². The van der Waals surface area contributed by atoms with E-state index in [1.165, 1.54) is 0 Å². The van der Waals surface area contributed by atoms with Crippen molar-refractivity contribution in [1.29, 1.82) is 0 Å². The van der Waals surface area contributed by atoms with Crippen LogP contribution in [0.1, 0.15) is 48.1 Å². The van der Waals surface area contributed by atoms with Gasteiger partial charge in [0, 0.05) is 34.9 Å². The molecule has 1 aliphatic heterocycles. The predicted octanol–water partition coefficient (Wildman–Crippen LogP) is 4.45. The first-order chi connectivity index (χ1) is 13.1. The summed E-state index contributed by atoms with van der Waals surface area (Å²) in [4.78, 5) is 24.7. The Balaban J connectivity index is 1.54. The summed E-state index contributed by atoms with van der Waals surface area (Å²) in [5, 5.41) is 3.02. The Morgan fingerprint density at radius 2 is 1.96 bits per heavy atom. The Hall–Kier alpha value is -2.34. The standard InChI is InChI=1S/C21H22BrNO4/c1-2-26-16-6-3-14(4-7-16)19(24)8-10-21(25)23-18-11-12-27-20-9-5-15(22)13-17(18)20/h3-7,9,13,18H,2,8,10-12H2,1H3,(H,23,25). The SMILES string of the molecule is CCOc1ccc(C(=O)CCC(=O)NC2CCOc3ccc(Br)cc32)cc1. The van der Waals surface area contributed by atoms with Crippen LogP contribution >= 0.6 is 15.9 Å². The third-order valence-corrected chi connectivity index (χ3v) is 4.91. The van der Waals surface area contributed by atoms with Gasteiger partial charge < -0.3 is 14.8 Å². The molecule has 1 unspecified atom stereocenters. The van der Waals surface area contributed by atoms with E-state index in [1.807, 2.05) is 25.1 Å². The van der Waals surface area contributed by atoms with Gasteiger partial charge in [-0.15, -0.1) is 0 Å². The summed E-state index contributed by atoms with van der Waals surface area (Å²) in [7, 11) is 0. The number of carbonyl (C=O) groups is 2. The molecule has 0 radical (unpaired) electrons. The topological polar surface area (TPSA) is 64.6 Å². The first-order valence-corrected chi connectivity index (χ1v) is 9.84. The van der Waals surface area contributed by atoms with Crippen LogP contribution in [0.4, 0.5) is 0 Å². The molecule has 1 N–H and O–H groups in total. The monoisotopic (exact) mass is 431 g/mol. The average molecular weight is 432 g/mol. The second kappa shape index (κ2) is 9.04. The second-order valence-electron chi connectivity index (χ2n) is 6.32. The van der Waals surface area contributed by atoms with Crippen LogP contribution in [0, 0.1) is 0 Å². The zero-order valence-electron chi connectivity index (χ0n) is 15.2. The highest BCUT2D eigenvalue weighted by atomic mass is 79.9. The van der Waals surface area contributed by atoms with Gasteiger partial charge in [0.05, 0.1) is 19.3 Å². The molecule has 0 spiro atoms. The fourth-order valence-corrected chi connectivity index (χ4v) is 3.44. The van der Waals surface area contributed by atoms with Crippen LogP contribution < -0.4 is 14.8 Å². The van der Waals surface area contributed by atoms with E-state index in [0.717, 1.165) is 21.5 Å². The number of amides is 1. The fraction of sp³-hybridized carbons (Fsp3) is 0.333.